The zero-order valence-corrected chi connectivity index (χ0v) is 23.2. The van der Waals surface area contributed by atoms with Gasteiger partial charge in [-0.3, -0.25) is 19.7 Å². The van der Waals surface area contributed by atoms with Crippen LogP contribution in [0.4, 0.5) is 5.69 Å². The summed E-state index contributed by atoms with van der Waals surface area (Å²) in [7, 11) is 0. The Morgan fingerprint density at radius 2 is 1.68 bits per heavy atom. The number of hydrogen-bond acceptors (Lipinski definition) is 5. The summed E-state index contributed by atoms with van der Waals surface area (Å²) < 4.78 is 0. The number of non-ortho nitro benzene ring substituents is 1. The Balaban J connectivity index is 1.63. The van der Waals surface area contributed by atoms with Crippen molar-refractivity contribution in [1.29, 1.82) is 0 Å². The predicted octanol–water partition coefficient (Wildman–Crippen LogP) is 6.17. The van der Waals surface area contributed by atoms with E-state index in [1.54, 1.807) is 12.1 Å². The van der Waals surface area contributed by atoms with E-state index in [9.17, 15) is 19.7 Å². The molecule has 0 fully saturated rings. The highest BCUT2D eigenvalue weighted by molar-refractivity contribution is 5.99. The zero-order valence-electron chi connectivity index (χ0n) is 23.2. The summed E-state index contributed by atoms with van der Waals surface area (Å²) in [6, 6.07) is 14.7. The number of hydrogen-bond donors (Lipinski definition) is 2. The molecule has 0 aliphatic rings. The number of aromatic amines is 1. The lowest BCUT2D eigenvalue weighted by molar-refractivity contribution is -0.383. The molecule has 9 heteroatoms. The number of carbonyl (C=O) groups excluding carboxylic acids is 2. The van der Waals surface area contributed by atoms with Crippen LogP contribution in [0.25, 0.3) is 21.8 Å². The number of unbranched alkanes of at least 4 members (excludes halogenated alkanes) is 4. The van der Waals surface area contributed by atoms with Crippen LogP contribution < -0.4 is 5.32 Å². The number of nitrogens with zero attached hydrogens (tertiary/aromatic N) is 3. The average Bonchev–Trinajstić information content (AvgIpc) is 3.37. The minimum absolute atomic E-state index is 0.0702. The third-order valence-electron chi connectivity index (χ3n) is 7.22. The van der Waals surface area contributed by atoms with Crippen LogP contribution in [-0.4, -0.2) is 50.7 Å². The number of amides is 2. The summed E-state index contributed by atoms with van der Waals surface area (Å²) >= 11 is 0. The van der Waals surface area contributed by atoms with Crippen molar-refractivity contribution in [2.24, 2.45) is 0 Å². The molecule has 2 N–H and O–H groups in total. The van der Waals surface area contributed by atoms with Gasteiger partial charge in [0, 0.05) is 42.7 Å². The SMILES string of the molecule is CCCCCN(CCCCC)C(=O)[C@@H](Cc1c[nH]c2ccccc12)NC(=O)c1ccc2c([N+](=O)[O-])cccc2n1. The minimum atomic E-state index is -0.794. The van der Waals surface area contributed by atoms with Crippen LogP contribution in [0, 0.1) is 10.1 Å². The number of para-hydroxylation sites is 1. The van der Waals surface area contributed by atoms with E-state index in [0.29, 0.717) is 30.4 Å². The van der Waals surface area contributed by atoms with Crippen molar-refractivity contribution in [3.63, 3.8) is 0 Å². The standard InChI is InChI=1S/C31H37N5O4/c1-3-5-9-18-35(19-10-6-4-2)31(38)28(20-22-21-32-25-13-8-7-12-23(22)25)34-30(37)27-17-16-24-26(33-27)14-11-15-29(24)36(39)40/h7-8,11-17,21,28,32H,3-6,9-10,18-20H2,1-2H3,(H,34,37)/t28-/m1/s1. The van der Waals surface area contributed by atoms with Gasteiger partial charge in [0.25, 0.3) is 11.6 Å². The summed E-state index contributed by atoms with van der Waals surface area (Å²) in [6.45, 7) is 5.56. The Bertz CT molecular complexity index is 1470. The van der Waals surface area contributed by atoms with Crippen LogP contribution in [-0.2, 0) is 11.2 Å². The van der Waals surface area contributed by atoms with Crippen LogP contribution in [0.2, 0.25) is 0 Å². The van der Waals surface area contributed by atoms with Crippen LogP contribution in [0.3, 0.4) is 0 Å². The molecule has 0 saturated carbocycles. The predicted molar refractivity (Wildman–Crippen MR) is 157 cm³/mol. The Morgan fingerprint density at radius 1 is 0.950 bits per heavy atom. The molecule has 2 aromatic heterocycles. The number of carbonyl (C=O) groups is 2. The topological polar surface area (TPSA) is 121 Å². The van der Waals surface area contributed by atoms with Crippen LogP contribution in [0.5, 0.6) is 0 Å². The lowest BCUT2D eigenvalue weighted by Gasteiger charge is -2.28. The van der Waals surface area contributed by atoms with Crippen molar-refractivity contribution < 1.29 is 14.5 Å². The summed E-state index contributed by atoms with van der Waals surface area (Å²) in [4.78, 5) is 48.0. The molecule has 4 aromatic rings. The van der Waals surface area contributed by atoms with E-state index >= 15 is 0 Å². The number of fused-ring (bicyclic) bond motifs is 2. The van der Waals surface area contributed by atoms with Crippen molar-refractivity contribution in [2.75, 3.05) is 13.1 Å². The molecule has 40 heavy (non-hydrogen) atoms. The molecule has 9 nitrogen and oxygen atoms in total. The third-order valence-corrected chi connectivity index (χ3v) is 7.22. The van der Waals surface area contributed by atoms with Crippen molar-refractivity contribution in [3.8, 4) is 0 Å². The van der Waals surface area contributed by atoms with E-state index in [4.69, 9.17) is 0 Å². The highest BCUT2D eigenvalue weighted by Gasteiger charge is 2.28. The molecule has 0 aliphatic carbocycles. The minimum Gasteiger partial charge on any atom is -0.361 e. The van der Waals surface area contributed by atoms with Gasteiger partial charge in [0.15, 0.2) is 0 Å². The number of nitro benzene ring substituents is 1. The first-order chi connectivity index (χ1) is 19.4. The smallest absolute Gasteiger partial charge is 0.278 e. The monoisotopic (exact) mass is 543 g/mol. The molecule has 210 valence electrons. The van der Waals surface area contributed by atoms with Gasteiger partial charge in [-0.1, -0.05) is 63.8 Å². The molecule has 0 saturated heterocycles. The summed E-state index contributed by atoms with van der Waals surface area (Å²) in [5.74, 6) is -0.601. The molecule has 2 heterocycles. The molecule has 0 bridgehead atoms. The molecule has 2 aromatic carbocycles. The second-order valence-electron chi connectivity index (χ2n) is 10.1. The maximum absolute atomic E-state index is 14.0. The number of aromatic nitrogens is 2. The van der Waals surface area contributed by atoms with E-state index < -0.39 is 16.9 Å². The fraction of sp³-hybridized carbons (Fsp3) is 0.387. The number of nitro groups is 1. The van der Waals surface area contributed by atoms with Crippen LogP contribution in [0.15, 0.2) is 60.8 Å². The van der Waals surface area contributed by atoms with Gasteiger partial charge in [-0.15, -0.1) is 0 Å². The fourth-order valence-corrected chi connectivity index (χ4v) is 5.03. The Kier molecular flexibility index (Phi) is 9.83. The Morgan fingerprint density at radius 3 is 2.38 bits per heavy atom. The molecule has 0 radical (unpaired) electrons. The van der Waals surface area contributed by atoms with Gasteiger partial charge in [0.05, 0.1) is 15.8 Å². The van der Waals surface area contributed by atoms with E-state index in [0.717, 1.165) is 55.0 Å². The van der Waals surface area contributed by atoms with Crippen molar-refractivity contribution in [1.82, 2.24) is 20.2 Å². The van der Waals surface area contributed by atoms with Gasteiger partial charge < -0.3 is 15.2 Å². The van der Waals surface area contributed by atoms with E-state index in [1.165, 1.54) is 18.2 Å². The van der Waals surface area contributed by atoms with Gasteiger partial charge in [0.2, 0.25) is 5.91 Å². The molecule has 0 unspecified atom stereocenters. The normalized spacial score (nSPS) is 11.9. The Hall–Kier alpha value is -4.27. The van der Waals surface area contributed by atoms with E-state index in [2.05, 4.69) is 29.1 Å². The second-order valence-corrected chi connectivity index (χ2v) is 10.1. The number of rotatable bonds is 14. The first-order valence-electron chi connectivity index (χ1n) is 14.1. The van der Waals surface area contributed by atoms with Gasteiger partial charge in [-0.25, -0.2) is 4.98 Å². The Labute approximate surface area is 234 Å². The molecule has 0 aliphatic heterocycles. The van der Waals surface area contributed by atoms with Crippen molar-refractivity contribution >= 4 is 39.3 Å². The summed E-state index contributed by atoms with van der Waals surface area (Å²) in [5, 5.41) is 15.7. The van der Waals surface area contributed by atoms with Gasteiger partial charge in [-0.2, -0.15) is 0 Å². The van der Waals surface area contributed by atoms with Crippen molar-refractivity contribution in [2.45, 2.75) is 64.8 Å². The first-order valence-corrected chi connectivity index (χ1v) is 14.1. The quantitative estimate of drug-likeness (QED) is 0.112. The number of nitrogens with one attached hydrogen (secondary N) is 2. The lowest BCUT2D eigenvalue weighted by Crippen LogP contribution is -2.50. The third kappa shape index (κ3) is 6.83. The first kappa shape index (κ1) is 28.7. The fourth-order valence-electron chi connectivity index (χ4n) is 5.03. The molecule has 1 atom stereocenters. The zero-order chi connectivity index (χ0) is 28.5. The van der Waals surface area contributed by atoms with Crippen LogP contribution >= 0.6 is 0 Å². The summed E-state index contributed by atoms with van der Waals surface area (Å²) in [5.41, 5.74) is 2.29. The number of H-pyrrole nitrogens is 1. The maximum Gasteiger partial charge on any atom is 0.278 e. The van der Waals surface area contributed by atoms with E-state index in [-0.39, 0.29) is 17.3 Å². The maximum atomic E-state index is 14.0. The number of benzene rings is 2. The second kappa shape index (κ2) is 13.7. The largest absolute Gasteiger partial charge is 0.361 e. The van der Waals surface area contributed by atoms with Gasteiger partial charge in [-0.05, 0) is 42.7 Å². The molecule has 0 spiro atoms. The van der Waals surface area contributed by atoms with E-state index in [1.807, 2.05) is 35.4 Å². The molecule has 2 amide bonds. The van der Waals surface area contributed by atoms with Crippen LogP contribution in [0.1, 0.15) is 68.4 Å². The highest BCUT2D eigenvalue weighted by atomic mass is 16.6. The summed E-state index contributed by atoms with van der Waals surface area (Å²) in [6.07, 6.45) is 8.21. The highest BCUT2D eigenvalue weighted by Crippen LogP contribution is 2.24. The number of pyridine rings is 1. The molecular formula is C31H37N5O4. The van der Waals surface area contributed by atoms with Gasteiger partial charge in [0.1, 0.15) is 11.7 Å². The molecular weight excluding hydrogens is 506 g/mol. The lowest BCUT2D eigenvalue weighted by atomic mass is 10.0. The molecule has 4 rings (SSSR count). The average molecular weight is 544 g/mol. The van der Waals surface area contributed by atoms with Gasteiger partial charge >= 0.3 is 0 Å². The van der Waals surface area contributed by atoms with Crippen molar-refractivity contribution in [3.05, 3.63) is 82.2 Å².